The molecule has 0 aliphatic rings. The van der Waals surface area contributed by atoms with Gasteiger partial charge in [0.05, 0.1) is 0 Å². The van der Waals surface area contributed by atoms with Crippen molar-refractivity contribution in [2.75, 3.05) is 6.54 Å². The molecule has 0 saturated carbocycles. The molecule has 0 radical (unpaired) electrons. The van der Waals surface area contributed by atoms with Gasteiger partial charge < -0.3 is 15.5 Å². The largest absolute Gasteiger partial charge is 0.481 e. The van der Waals surface area contributed by atoms with Crippen LogP contribution >= 0.6 is 0 Å². The fourth-order valence-corrected chi connectivity index (χ4v) is 1.94. The minimum atomic E-state index is -0.968. The van der Waals surface area contributed by atoms with Crippen molar-refractivity contribution in [2.45, 2.75) is 70.8 Å². The van der Waals surface area contributed by atoms with Gasteiger partial charge in [-0.1, -0.05) is 45.4 Å². The second-order valence-corrected chi connectivity index (χ2v) is 4.90. The topological polar surface area (TPSA) is 86.6 Å². The average Bonchev–Trinajstić information content (AvgIpc) is 2.35. The maximum Gasteiger partial charge on any atom is 0.320 e. The monoisotopic (exact) mass is 273 g/mol. The Labute approximate surface area is 115 Å². The molecule has 0 fully saturated rings. The molecule has 0 aliphatic heterocycles. The van der Waals surface area contributed by atoms with Gasteiger partial charge in [-0.15, -0.1) is 0 Å². The number of nitrogens with one attached hydrogen (secondary N) is 1. The first-order valence-corrected chi connectivity index (χ1v) is 7.26. The van der Waals surface area contributed by atoms with Gasteiger partial charge in [-0.2, -0.15) is 0 Å². The highest BCUT2D eigenvalue weighted by molar-refractivity contribution is 5.75. The van der Waals surface area contributed by atoms with E-state index in [4.69, 9.17) is 10.2 Å². The van der Waals surface area contributed by atoms with Gasteiger partial charge in [0.1, 0.15) is 6.04 Å². The van der Waals surface area contributed by atoms with Crippen LogP contribution in [0.1, 0.15) is 64.7 Å². The summed E-state index contributed by atoms with van der Waals surface area (Å²) < 4.78 is 0. The van der Waals surface area contributed by atoms with Crippen molar-refractivity contribution in [3.63, 3.8) is 0 Å². The van der Waals surface area contributed by atoms with Crippen LogP contribution in [0.25, 0.3) is 0 Å². The minimum Gasteiger partial charge on any atom is -0.481 e. The van der Waals surface area contributed by atoms with Gasteiger partial charge in [0, 0.05) is 6.42 Å². The lowest BCUT2D eigenvalue weighted by atomic mass is 10.1. The Kier molecular flexibility index (Phi) is 11.3. The molecule has 5 heteroatoms. The Morgan fingerprint density at radius 3 is 2.11 bits per heavy atom. The van der Waals surface area contributed by atoms with E-state index in [2.05, 4.69) is 12.2 Å². The highest BCUT2D eigenvalue weighted by Gasteiger charge is 2.17. The molecular formula is C14H27NO4. The Morgan fingerprint density at radius 1 is 1.00 bits per heavy atom. The lowest BCUT2D eigenvalue weighted by Gasteiger charge is -2.13. The summed E-state index contributed by atoms with van der Waals surface area (Å²) in [6.45, 7) is 2.83. The van der Waals surface area contributed by atoms with E-state index in [9.17, 15) is 9.59 Å². The molecule has 112 valence electrons. The van der Waals surface area contributed by atoms with E-state index in [0.29, 0.717) is 6.54 Å². The summed E-state index contributed by atoms with van der Waals surface area (Å²) >= 11 is 0. The molecular weight excluding hydrogens is 246 g/mol. The third kappa shape index (κ3) is 11.7. The molecule has 1 atom stereocenters. The molecule has 0 aromatic carbocycles. The molecule has 19 heavy (non-hydrogen) atoms. The van der Waals surface area contributed by atoms with Gasteiger partial charge in [-0.25, -0.2) is 0 Å². The van der Waals surface area contributed by atoms with Crippen LogP contribution in [0.5, 0.6) is 0 Å². The van der Waals surface area contributed by atoms with Crippen LogP contribution in [-0.4, -0.2) is 34.7 Å². The number of carboxylic acid groups (broad SMARTS) is 2. The zero-order valence-electron chi connectivity index (χ0n) is 11.9. The van der Waals surface area contributed by atoms with Crippen molar-refractivity contribution in [2.24, 2.45) is 0 Å². The summed E-state index contributed by atoms with van der Waals surface area (Å²) in [5.41, 5.74) is 0. The standard InChI is InChI=1S/C14H27NO4/c1-2-3-4-5-6-7-8-11-15-12(14(18)19)9-10-13(16)17/h12,15H,2-11H2,1H3,(H,16,17)(H,18,19). The number of carboxylic acids is 2. The van der Waals surface area contributed by atoms with Crippen LogP contribution in [0.15, 0.2) is 0 Å². The Hall–Kier alpha value is -1.10. The third-order valence-electron chi connectivity index (χ3n) is 3.12. The van der Waals surface area contributed by atoms with Crippen LogP contribution in [0, 0.1) is 0 Å². The number of aliphatic carboxylic acids is 2. The first kappa shape index (κ1) is 17.9. The third-order valence-corrected chi connectivity index (χ3v) is 3.12. The minimum absolute atomic E-state index is 0.110. The van der Waals surface area contributed by atoms with E-state index in [1.807, 2.05) is 0 Å². The molecule has 0 saturated heterocycles. The zero-order valence-corrected chi connectivity index (χ0v) is 11.9. The van der Waals surface area contributed by atoms with Gasteiger partial charge in [-0.05, 0) is 19.4 Å². The van der Waals surface area contributed by atoms with E-state index in [1.165, 1.54) is 32.1 Å². The lowest BCUT2D eigenvalue weighted by molar-refractivity contribution is -0.140. The highest BCUT2D eigenvalue weighted by Crippen LogP contribution is 2.06. The average molecular weight is 273 g/mol. The van der Waals surface area contributed by atoms with Crippen LogP contribution in [0.4, 0.5) is 0 Å². The van der Waals surface area contributed by atoms with Crippen molar-refractivity contribution in [1.29, 1.82) is 0 Å². The van der Waals surface area contributed by atoms with E-state index in [0.717, 1.165) is 12.8 Å². The van der Waals surface area contributed by atoms with E-state index in [1.54, 1.807) is 0 Å². The SMILES string of the molecule is CCCCCCCCCNC(CCC(=O)O)C(=O)O. The Balaban J connectivity index is 3.53. The highest BCUT2D eigenvalue weighted by atomic mass is 16.4. The van der Waals surface area contributed by atoms with Crippen molar-refractivity contribution in [1.82, 2.24) is 5.32 Å². The summed E-state index contributed by atoms with van der Waals surface area (Å²) in [5, 5.41) is 20.4. The fourth-order valence-electron chi connectivity index (χ4n) is 1.94. The summed E-state index contributed by atoms with van der Waals surface area (Å²) in [5.74, 6) is -1.92. The zero-order chi connectivity index (χ0) is 14.5. The molecule has 0 aliphatic carbocycles. The molecule has 0 aromatic rings. The molecule has 1 unspecified atom stereocenters. The summed E-state index contributed by atoms with van der Waals surface area (Å²) in [6, 6.07) is -0.740. The van der Waals surface area contributed by atoms with Crippen LogP contribution < -0.4 is 5.32 Å². The summed E-state index contributed by atoms with van der Waals surface area (Å²) in [6.07, 6.45) is 8.32. The summed E-state index contributed by atoms with van der Waals surface area (Å²) in [4.78, 5) is 21.3. The van der Waals surface area contributed by atoms with Gasteiger partial charge in [0.15, 0.2) is 0 Å². The van der Waals surface area contributed by atoms with Crippen molar-refractivity contribution >= 4 is 11.9 Å². The first-order chi connectivity index (χ1) is 9.07. The van der Waals surface area contributed by atoms with Crippen molar-refractivity contribution in [3.05, 3.63) is 0 Å². The van der Waals surface area contributed by atoms with E-state index < -0.39 is 18.0 Å². The predicted octanol–water partition coefficient (Wildman–Crippen LogP) is 2.64. The van der Waals surface area contributed by atoms with Crippen molar-refractivity contribution < 1.29 is 19.8 Å². The molecule has 0 heterocycles. The maximum atomic E-state index is 10.9. The smallest absolute Gasteiger partial charge is 0.320 e. The van der Waals surface area contributed by atoms with Crippen LogP contribution in [0.2, 0.25) is 0 Å². The number of rotatable bonds is 13. The second-order valence-electron chi connectivity index (χ2n) is 4.90. The summed E-state index contributed by atoms with van der Waals surface area (Å²) in [7, 11) is 0. The molecule has 0 bridgehead atoms. The number of unbranched alkanes of at least 4 members (excludes halogenated alkanes) is 6. The number of hydrogen-bond acceptors (Lipinski definition) is 3. The van der Waals surface area contributed by atoms with E-state index in [-0.39, 0.29) is 12.8 Å². The Bertz CT molecular complexity index is 256. The molecule has 0 rings (SSSR count). The van der Waals surface area contributed by atoms with Crippen LogP contribution in [-0.2, 0) is 9.59 Å². The molecule has 5 nitrogen and oxygen atoms in total. The first-order valence-electron chi connectivity index (χ1n) is 7.26. The number of hydrogen-bond donors (Lipinski definition) is 3. The van der Waals surface area contributed by atoms with Gasteiger partial charge >= 0.3 is 11.9 Å². The number of carbonyl (C=O) groups is 2. The molecule has 0 aromatic heterocycles. The fraction of sp³-hybridized carbons (Fsp3) is 0.857. The van der Waals surface area contributed by atoms with Crippen LogP contribution in [0.3, 0.4) is 0 Å². The second kappa shape index (κ2) is 12.0. The molecule has 0 amide bonds. The maximum absolute atomic E-state index is 10.9. The van der Waals surface area contributed by atoms with Gasteiger partial charge in [-0.3, -0.25) is 9.59 Å². The lowest BCUT2D eigenvalue weighted by Crippen LogP contribution is -2.37. The van der Waals surface area contributed by atoms with Gasteiger partial charge in [0.25, 0.3) is 0 Å². The predicted molar refractivity (Wildman–Crippen MR) is 74.3 cm³/mol. The normalized spacial score (nSPS) is 12.3. The molecule has 0 spiro atoms. The van der Waals surface area contributed by atoms with E-state index >= 15 is 0 Å². The quantitative estimate of drug-likeness (QED) is 0.449. The Morgan fingerprint density at radius 2 is 1.58 bits per heavy atom. The van der Waals surface area contributed by atoms with Gasteiger partial charge in [0.2, 0.25) is 0 Å². The molecule has 3 N–H and O–H groups in total. The van der Waals surface area contributed by atoms with Crippen molar-refractivity contribution in [3.8, 4) is 0 Å².